The third kappa shape index (κ3) is 3.28. The largest absolute Gasteiger partial charge is 0.454 e. The van der Waals surface area contributed by atoms with Crippen molar-refractivity contribution in [2.75, 3.05) is 12.1 Å². The van der Waals surface area contributed by atoms with Gasteiger partial charge in [-0.25, -0.2) is 0 Å². The molecule has 1 aliphatic carbocycles. The van der Waals surface area contributed by atoms with E-state index in [1.165, 1.54) is 0 Å². The van der Waals surface area contributed by atoms with Gasteiger partial charge in [0.25, 0.3) is 0 Å². The van der Waals surface area contributed by atoms with Crippen LogP contribution < -0.4 is 20.1 Å². The van der Waals surface area contributed by atoms with E-state index in [0.29, 0.717) is 36.0 Å². The second-order valence-corrected chi connectivity index (χ2v) is 6.17. The number of hydrogen-bond donors (Lipinski definition) is 2. The highest BCUT2D eigenvalue weighted by Crippen LogP contribution is 2.39. The van der Waals surface area contributed by atoms with Gasteiger partial charge >= 0.3 is 0 Å². The van der Waals surface area contributed by atoms with E-state index in [2.05, 4.69) is 15.8 Å². The Labute approximate surface area is 143 Å². The number of aromatic nitrogens is 1. The molecule has 0 radical (unpaired) electrons. The second-order valence-electron chi connectivity index (χ2n) is 6.17. The number of ether oxygens (including phenoxy) is 2. The number of nitrogens with zero attached hydrogens (tertiary/aromatic N) is 1. The molecule has 8 heteroatoms. The fourth-order valence-electron chi connectivity index (χ4n) is 2.79. The van der Waals surface area contributed by atoms with Crippen LogP contribution in [0.3, 0.4) is 0 Å². The molecule has 1 fully saturated rings. The van der Waals surface area contributed by atoms with Crippen LogP contribution in [-0.2, 0) is 16.1 Å². The van der Waals surface area contributed by atoms with Crippen molar-refractivity contribution < 1.29 is 23.6 Å². The van der Waals surface area contributed by atoms with Crippen LogP contribution in [0.4, 0.5) is 5.82 Å². The first kappa shape index (κ1) is 15.5. The minimum Gasteiger partial charge on any atom is -0.454 e. The van der Waals surface area contributed by atoms with E-state index < -0.39 is 0 Å². The van der Waals surface area contributed by atoms with Crippen LogP contribution in [0.25, 0.3) is 0 Å². The fourth-order valence-corrected chi connectivity index (χ4v) is 2.79. The minimum absolute atomic E-state index is 0.130. The summed E-state index contributed by atoms with van der Waals surface area (Å²) < 4.78 is 15.5. The maximum absolute atomic E-state index is 12.2. The molecule has 0 spiro atoms. The zero-order valence-electron chi connectivity index (χ0n) is 13.6. The van der Waals surface area contributed by atoms with Crippen molar-refractivity contribution in [3.05, 3.63) is 35.6 Å². The van der Waals surface area contributed by atoms with Gasteiger partial charge in [-0.3, -0.25) is 9.59 Å². The lowest BCUT2D eigenvalue weighted by Gasteiger charge is -2.06. The topological polar surface area (TPSA) is 103 Å². The highest BCUT2D eigenvalue weighted by Gasteiger charge is 2.48. The van der Waals surface area contributed by atoms with Gasteiger partial charge in [0.1, 0.15) is 5.76 Å². The summed E-state index contributed by atoms with van der Waals surface area (Å²) in [4.78, 5) is 24.3. The number of anilines is 1. The summed E-state index contributed by atoms with van der Waals surface area (Å²) in [6.45, 7) is 2.34. The smallest absolute Gasteiger partial charge is 0.231 e. The summed E-state index contributed by atoms with van der Waals surface area (Å²) in [5, 5.41) is 9.22. The molecule has 2 heterocycles. The van der Waals surface area contributed by atoms with Gasteiger partial charge in [-0.05, 0) is 31.0 Å². The Hall–Kier alpha value is -3.03. The molecule has 2 unspecified atom stereocenters. The van der Waals surface area contributed by atoms with Gasteiger partial charge in [-0.2, -0.15) is 0 Å². The first-order valence-electron chi connectivity index (χ1n) is 8.00. The molecule has 8 nitrogen and oxygen atoms in total. The van der Waals surface area contributed by atoms with Crippen molar-refractivity contribution in [3.63, 3.8) is 0 Å². The highest BCUT2D eigenvalue weighted by molar-refractivity contribution is 5.99. The maximum atomic E-state index is 12.2. The second kappa shape index (κ2) is 6.12. The van der Waals surface area contributed by atoms with Crippen LogP contribution in [0.5, 0.6) is 11.5 Å². The van der Waals surface area contributed by atoms with E-state index in [0.717, 1.165) is 5.56 Å². The van der Waals surface area contributed by atoms with E-state index in [1.807, 2.05) is 18.2 Å². The molecule has 130 valence electrons. The SMILES string of the molecule is Cc1cc(NC(=O)C2CC2C(=O)NCc2ccc3c(c2)OCO3)no1. The number of nitrogens with one attached hydrogen (secondary N) is 2. The number of benzene rings is 1. The van der Waals surface area contributed by atoms with Crippen LogP contribution in [0.1, 0.15) is 17.7 Å². The average Bonchev–Trinajstić information content (AvgIpc) is 3.10. The third-order valence-corrected chi connectivity index (χ3v) is 4.25. The Morgan fingerprint density at radius 3 is 2.76 bits per heavy atom. The van der Waals surface area contributed by atoms with Crippen molar-refractivity contribution >= 4 is 17.6 Å². The zero-order chi connectivity index (χ0) is 17.4. The molecular formula is C17H17N3O5. The Bertz CT molecular complexity index is 831. The summed E-state index contributed by atoms with van der Waals surface area (Å²) in [5.41, 5.74) is 0.914. The highest BCUT2D eigenvalue weighted by atomic mass is 16.7. The van der Waals surface area contributed by atoms with Gasteiger partial charge in [0.05, 0.1) is 11.8 Å². The lowest BCUT2D eigenvalue weighted by molar-refractivity contribution is -0.125. The number of aryl methyl sites for hydroxylation is 1. The number of hydrogen-bond acceptors (Lipinski definition) is 6. The molecule has 2 N–H and O–H groups in total. The Kier molecular flexibility index (Phi) is 3.79. The number of rotatable bonds is 5. The van der Waals surface area contributed by atoms with E-state index in [1.54, 1.807) is 13.0 Å². The summed E-state index contributed by atoms with van der Waals surface area (Å²) in [7, 11) is 0. The fraction of sp³-hybridized carbons (Fsp3) is 0.353. The molecule has 2 aliphatic rings. The van der Waals surface area contributed by atoms with Crippen molar-refractivity contribution in [2.45, 2.75) is 19.9 Å². The van der Waals surface area contributed by atoms with Gasteiger partial charge in [0, 0.05) is 12.6 Å². The normalized spacial score (nSPS) is 20.2. The standard InChI is InChI=1S/C17H17N3O5/c1-9-4-15(20-25-9)19-17(22)12-6-11(12)16(21)18-7-10-2-3-13-14(5-10)24-8-23-13/h2-5,11-12H,6-8H2,1H3,(H,18,21)(H,19,20,22). The van der Waals surface area contributed by atoms with Gasteiger partial charge < -0.3 is 24.6 Å². The number of carbonyl (C=O) groups is 2. The average molecular weight is 343 g/mol. The number of amides is 2. The van der Waals surface area contributed by atoms with Crippen LogP contribution >= 0.6 is 0 Å². The van der Waals surface area contributed by atoms with Crippen LogP contribution in [0.15, 0.2) is 28.8 Å². The molecule has 1 aromatic carbocycles. The van der Waals surface area contributed by atoms with Crippen molar-refractivity contribution in [3.8, 4) is 11.5 Å². The lowest BCUT2D eigenvalue weighted by Crippen LogP contribution is -2.27. The summed E-state index contributed by atoms with van der Waals surface area (Å²) >= 11 is 0. The molecular weight excluding hydrogens is 326 g/mol. The van der Waals surface area contributed by atoms with Crippen LogP contribution in [-0.4, -0.2) is 23.8 Å². The molecule has 0 saturated heterocycles. The van der Waals surface area contributed by atoms with Gasteiger partial charge in [0.15, 0.2) is 17.3 Å². The summed E-state index contributed by atoms with van der Waals surface area (Å²) in [5.74, 6) is 1.40. The zero-order valence-corrected chi connectivity index (χ0v) is 13.6. The van der Waals surface area contributed by atoms with E-state index >= 15 is 0 Å². The quantitative estimate of drug-likeness (QED) is 0.855. The molecule has 2 amide bonds. The summed E-state index contributed by atoms with van der Waals surface area (Å²) in [6, 6.07) is 7.16. The van der Waals surface area contributed by atoms with Crippen molar-refractivity contribution in [1.82, 2.24) is 10.5 Å². The molecule has 4 rings (SSSR count). The van der Waals surface area contributed by atoms with Gasteiger partial charge in [0.2, 0.25) is 18.6 Å². The molecule has 2 aromatic rings. The Morgan fingerprint density at radius 2 is 1.96 bits per heavy atom. The number of carbonyl (C=O) groups excluding carboxylic acids is 2. The minimum atomic E-state index is -0.325. The lowest BCUT2D eigenvalue weighted by atomic mass is 10.2. The van der Waals surface area contributed by atoms with Crippen LogP contribution in [0.2, 0.25) is 0 Å². The van der Waals surface area contributed by atoms with Crippen molar-refractivity contribution in [1.29, 1.82) is 0 Å². The predicted octanol–water partition coefficient (Wildman–Crippen LogP) is 1.60. The first-order chi connectivity index (χ1) is 12.1. The molecule has 1 aliphatic heterocycles. The first-order valence-corrected chi connectivity index (χ1v) is 8.00. The monoisotopic (exact) mass is 343 g/mol. The van der Waals surface area contributed by atoms with E-state index in [4.69, 9.17) is 14.0 Å². The van der Waals surface area contributed by atoms with Crippen LogP contribution in [0, 0.1) is 18.8 Å². The maximum Gasteiger partial charge on any atom is 0.231 e. The van der Waals surface area contributed by atoms with Gasteiger partial charge in [-0.1, -0.05) is 11.2 Å². The van der Waals surface area contributed by atoms with E-state index in [9.17, 15) is 9.59 Å². The predicted molar refractivity (Wildman–Crippen MR) is 85.9 cm³/mol. The summed E-state index contributed by atoms with van der Waals surface area (Å²) in [6.07, 6.45) is 0.537. The third-order valence-electron chi connectivity index (χ3n) is 4.25. The molecule has 2 atom stereocenters. The molecule has 1 saturated carbocycles. The molecule has 0 bridgehead atoms. The Morgan fingerprint density at radius 1 is 1.16 bits per heavy atom. The molecule has 1 aromatic heterocycles. The van der Waals surface area contributed by atoms with Gasteiger partial charge in [-0.15, -0.1) is 0 Å². The van der Waals surface area contributed by atoms with Crippen molar-refractivity contribution in [2.24, 2.45) is 11.8 Å². The van der Waals surface area contributed by atoms with E-state index in [-0.39, 0.29) is 30.4 Å². The molecule has 25 heavy (non-hydrogen) atoms. The number of fused-ring (bicyclic) bond motifs is 1. The Balaban J connectivity index is 1.27.